The molecule has 5 nitrogen and oxygen atoms in total. The predicted octanol–water partition coefficient (Wildman–Crippen LogP) is 3.59. The number of carbonyl (C=O) groups excluding carboxylic acids is 1. The number of carbonyl (C=O) groups is 2. The van der Waals surface area contributed by atoms with Crippen molar-refractivity contribution in [3.05, 3.63) is 22.4 Å². The molecule has 2 amide bonds. The first-order valence-electron chi connectivity index (χ1n) is 7.68. The van der Waals surface area contributed by atoms with Crippen molar-refractivity contribution in [1.29, 1.82) is 0 Å². The van der Waals surface area contributed by atoms with Gasteiger partial charge in [0, 0.05) is 18.5 Å². The molecule has 0 saturated heterocycles. The number of carboxylic acids is 1. The molecular weight excluding hydrogens is 300 g/mol. The van der Waals surface area contributed by atoms with Gasteiger partial charge >= 0.3 is 12.0 Å². The van der Waals surface area contributed by atoms with Crippen LogP contribution in [0.3, 0.4) is 0 Å². The second-order valence-electron chi connectivity index (χ2n) is 5.64. The lowest BCUT2D eigenvalue weighted by Gasteiger charge is -2.28. The van der Waals surface area contributed by atoms with Crippen molar-refractivity contribution in [2.45, 2.75) is 39.7 Å². The number of carboxylic acid groups (broad SMARTS) is 1. The summed E-state index contributed by atoms with van der Waals surface area (Å²) < 4.78 is 0. The molecule has 1 aromatic heterocycles. The minimum atomic E-state index is -0.894. The van der Waals surface area contributed by atoms with Gasteiger partial charge < -0.3 is 15.3 Å². The highest BCUT2D eigenvalue weighted by Crippen LogP contribution is 2.30. The van der Waals surface area contributed by atoms with E-state index in [0.717, 1.165) is 17.7 Å². The van der Waals surface area contributed by atoms with Crippen LogP contribution in [0.15, 0.2) is 17.5 Å². The summed E-state index contributed by atoms with van der Waals surface area (Å²) in [7, 11) is 1.63. The Labute approximate surface area is 136 Å². The van der Waals surface area contributed by atoms with E-state index in [1.54, 1.807) is 25.3 Å². The van der Waals surface area contributed by atoms with E-state index in [0.29, 0.717) is 5.92 Å². The number of nitrogens with one attached hydrogen (secondary N) is 1. The SMILES string of the molecule is CCC(CC)C(NC(=O)N(C)CC(C)C(=O)O)c1cccs1. The lowest BCUT2D eigenvalue weighted by atomic mass is 9.93. The summed E-state index contributed by atoms with van der Waals surface area (Å²) in [5, 5.41) is 14.0. The van der Waals surface area contributed by atoms with Crippen molar-refractivity contribution in [2.24, 2.45) is 11.8 Å². The quantitative estimate of drug-likeness (QED) is 0.767. The Morgan fingerprint density at radius 2 is 2.00 bits per heavy atom. The van der Waals surface area contributed by atoms with Crippen LogP contribution in [-0.4, -0.2) is 35.6 Å². The molecule has 0 saturated carbocycles. The molecule has 0 aliphatic rings. The smallest absolute Gasteiger partial charge is 0.317 e. The van der Waals surface area contributed by atoms with E-state index in [4.69, 9.17) is 5.11 Å². The van der Waals surface area contributed by atoms with E-state index in [2.05, 4.69) is 19.2 Å². The molecule has 2 unspecified atom stereocenters. The number of amides is 2. The Morgan fingerprint density at radius 1 is 1.36 bits per heavy atom. The van der Waals surface area contributed by atoms with Gasteiger partial charge in [0.15, 0.2) is 0 Å². The fourth-order valence-corrected chi connectivity index (χ4v) is 3.33. The lowest BCUT2D eigenvalue weighted by molar-refractivity contribution is -0.141. The number of urea groups is 1. The molecule has 22 heavy (non-hydrogen) atoms. The first-order valence-corrected chi connectivity index (χ1v) is 8.56. The molecule has 0 radical (unpaired) electrons. The van der Waals surface area contributed by atoms with Gasteiger partial charge in [0.2, 0.25) is 0 Å². The van der Waals surface area contributed by atoms with Crippen LogP contribution >= 0.6 is 11.3 Å². The molecule has 0 aliphatic heterocycles. The summed E-state index contributed by atoms with van der Waals surface area (Å²) >= 11 is 1.64. The zero-order valence-electron chi connectivity index (χ0n) is 13.7. The zero-order valence-corrected chi connectivity index (χ0v) is 14.5. The second-order valence-corrected chi connectivity index (χ2v) is 6.62. The molecule has 2 N–H and O–H groups in total. The average Bonchev–Trinajstić information content (AvgIpc) is 3.00. The molecule has 1 rings (SSSR count). The van der Waals surface area contributed by atoms with Crippen molar-refractivity contribution in [2.75, 3.05) is 13.6 Å². The summed E-state index contributed by atoms with van der Waals surface area (Å²) in [5.74, 6) is -1.11. The van der Waals surface area contributed by atoms with Crippen LogP contribution in [-0.2, 0) is 4.79 Å². The van der Waals surface area contributed by atoms with Crippen LogP contribution in [0.5, 0.6) is 0 Å². The molecular formula is C16H26N2O3S. The van der Waals surface area contributed by atoms with E-state index in [9.17, 15) is 9.59 Å². The van der Waals surface area contributed by atoms with Crippen LogP contribution in [0.2, 0.25) is 0 Å². The van der Waals surface area contributed by atoms with Crippen LogP contribution in [0, 0.1) is 11.8 Å². The molecule has 0 spiro atoms. The van der Waals surface area contributed by atoms with Crippen LogP contribution in [0.4, 0.5) is 4.79 Å². The first kappa shape index (κ1) is 18.5. The van der Waals surface area contributed by atoms with E-state index in [1.807, 2.05) is 17.5 Å². The number of aliphatic carboxylic acids is 1. The Morgan fingerprint density at radius 3 is 2.45 bits per heavy atom. The molecule has 0 aromatic carbocycles. The van der Waals surface area contributed by atoms with Gasteiger partial charge in [-0.05, 0) is 17.4 Å². The fourth-order valence-electron chi connectivity index (χ4n) is 2.46. The monoisotopic (exact) mass is 326 g/mol. The topological polar surface area (TPSA) is 69.6 Å². The number of hydrogen-bond acceptors (Lipinski definition) is 3. The first-order chi connectivity index (χ1) is 10.4. The summed E-state index contributed by atoms with van der Waals surface area (Å²) in [6, 6.07) is 3.77. The normalized spacial score (nSPS) is 13.7. The van der Waals surface area contributed by atoms with Gasteiger partial charge in [-0.25, -0.2) is 4.79 Å². The number of nitrogens with zero attached hydrogens (tertiary/aromatic N) is 1. The maximum Gasteiger partial charge on any atom is 0.317 e. The predicted molar refractivity (Wildman–Crippen MR) is 89.1 cm³/mol. The van der Waals surface area contributed by atoms with Gasteiger partial charge in [-0.2, -0.15) is 0 Å². The summed E-state index contributed by atoms with van der Waals surface area (Å²) in [6.07, 6.45) is 1.96. The van der Waals surface area contributed by atoms with E-state index < -0.39 is 11.9 Å². The van der Waals surface area contributed by atoms with Crippen LogP contribution in [0.25, 0.3) is 0 Å². The van der Waals surface area contributed by atoms with E-state index >= 15 is 0 Å². The van der Waals surface area contributed by atoms with E-state index in [-0.39, 0.29) is 18.6 Å². The molecule has 2 atom stereocenters. The molecule has 124 valence electrons. The van der Waals surface area contributed by atoms with Gasteiger partial charge in [-0.3, -0.25) is 4.79 Å². The second kappa shape index (κ2) is 8.78. The van der Waals surface area contributed by atoms with Crippen molar-refractivity contribution in [3.8, 4) is 0 Å². The molecule has 1 aromatic rings. The minimum Gasteiger partial charge on any atom is -0.481 e. The molecule has 0 fully saturated rings. The third-order valence-corrected chi connectivity index (χ3v) is 4.92. The number of thiophene rings is 1. The highest BCUT2D eigenvalue weighted by Gasteiger charge is 2.25. The Bertz CT molecular complexity index is 472. The largest absolute Gasteiger partial charge is 0.481 e. The third-order valence-electron chi connectivity index (χ3n) is 3.96. The third kappa shape index (κ3) is 5.02. The van der Waals surface area contributed by atoms with Crippen molar-refractivity contribution < 1.29 is 14.7 Å². The summed E-state index contributed by atoms with van der Waals surface area (Å²) in [5.41, 5.74) is 0. The maximum atomic E-state index is 12.4. The highest BCUT2D eigenvalue weighted by atomic mass is 32.1. The standard InChI is InChI=1S/C16H26N2O3S/c1-5-12(6-2)14(13-8-7-9-22-13)17-16(21)18(4)10-11(3)15(19)20/h7-9,11-12,14H,5-6,10H2,1-4H3,(H,17,21)(H,19,20). The Kier molecular flexibility index (Phi) is 7.38. The summed E-state index contributed by atoms with van der Waals surface area (Å²) in [6.45, 7) is 6.04. The fraction of sp³-hybridized carbons (Fsp3) is 0.625. The maximum absolute atomic E-state index is 12.4. The molecule has 0 bridgehead atoms. The lowest BCUT2D eigenvalue weighted by Crippen LogP contribution is -2.43. The number of rotatable bonds is 8. The minimum absolute atomic E-state index is 0.0231. The molecule has 6 heteroatoms. The Hall–Kier alpha value is -1.56. The van der Waals surface area contributed by atoms with Gasteiger partial charge in [0.25, 0.3) is 0 Å². The Balaban J connectivity index is 2.77. The van der Waals surface area contributed by atoms with Crippen LogP contribution < -0.4 is 5.32 Å². The molecule has 0 aliphatic carbocycles. The van der Waals surface area contributed by atoms with Gasteiger partial charge in [0.1, 0.15) is 0 Å². The summed E-state index contributed by atoms with van der Waals surface area (Å²) in [4.78, 5) is 25.9. The van der Waals surface area contributed by atoms with Gasteiger partial charge in [0.05, 0.1) is 12.0 Å². The van der Waals surface area contributed by atoms with Crippen molar-refractivity contribution >= 4 is 23.3 Å². The van der Waals surface area contributed by atoms with E-state index in [1.165, 1.54) is 4.90 Å². The van der Waals surface area contributed by atoms with Crippen molar-refractivity contribution in [1.82, 2.24) is 10.2 Å². The van der Waals surface area contributed by atoms with Crippen LogP contribution in [0.1, 0.15) is 44.5 Å². The zero-order chi connectivity index (χ0) is 16.7. The average molecular weight is 326 g/mol. The number of hydrogen-bond donors (Lipinski definition) is 2. The molecule has 1 heterocycles. The highest BCUT2D eigenvalue weighted by molar-refractivity contribution is 7.10. The van der Waals surface area contributed by atoms with Gasteiger partial charge in [-0.15, -0.1) is 11.3 Å². The van der Waals surface area contributed by atoms with Crippen molar-refractivity contribution in [3.63, 3.8) is 0 Å². The van der Waals surface area contributed by atoms with Gasteiger partial charge in [-0.1, -0.05) is 39.7 Å².